The maximum Gasteiger partial charge on any atom is 0.379 e. The minimum absolute atomic E-state index is 0.0251. The zero-order chi connectivity index (χ0) is 11.3. The highest BCUT2D eigenvalue weighted by Gasteiger charge is 2.18. The van der Waals surface area contributed by atoms with Crippen molar-refractivity contribution in [2.45, 2.75) is 19.8 Å². The number of carbonyl (C=O) groups excluding carboxylic acids is 3. The number of rotatable bonds is 4. The van der Waals surface area contributed by atoms with Gasteiger partial charge in [0.25, 0.3) is 5.78 Å². The second-order valence-corrected chi connectivity index (χ2v) is 3.09. The molecule has 1 rings (SSSR count). The number of esters is 1. The van der Waals surface area contributed by atoms with E-state index in [1.165, 1.54) is 11.1 Å². The van der Waals surface area contributed by atoms with Crippen molar-refractivity contribution in [3.05, 3.63) is 12.3 Å². The van der Waals surface area contributed by atoms with Crippen LogP contribution in [0.5, 0.6) is 0 Å². The molecule has 15 heavy (non-hydrogen) atoms. The average Bonchev–Trinajstić information content (AvgIpc) is 2.61. The van der Waals surface area contributed by atoms with E-state index in [1.807, 2.05) is 0 Å². The predicted octanol–water partition coefficient (Wildman–Crippen LogP) is 0.255. The lowest BCUT2D eigenvalue weighted by atomic mass is 10.4. The maximum absolute atomic E-state index is 11.1. The highest BCUT2D eigenvalue weighted by molar-refractivity contribution is 6.38. The number of likely N-dealkylation sites (tertiary alicyclic amines) is 1. The van der Waals surface area contributed by atoms with Crippen molar-refractivity contribution in [1.82, 2.24) is 4.90 Å². The minimum atomic E-state index is -0.889. The van der Waals surface area contributed by atoms with Gasteiger partial charge in [-0.15, -0.1) is 0 Å². The molecule has 0 spiro atoms. The fourth-order valence-corrected chi connectivity index (χ4v) is 1.25. The molecule has 0 bridgehead atoms. The zero-order valence-electron chi connectivity index (χ0n) is 8.56. The van der Waals surface area contributed by atoms with E-state index < -0.39 is 11.8 Å². The molecule has 5 heteroatoms. The topological polar surface area (TPSA) is 63.7 Å². The van der Waals surface area contributed by atoms with E-state index in [0.717, 1.165) is 12.5 Å². The highest BCUT2D eigenvalue weighted by Crippen LogP contribution is 2.09. The number of ether oxygens (including phenoxy) is 1. The molecular formula is C10H13NO4. The molecule has 1 amide bonds. The van der Waals surface area contributed by atoms with Crippen molar-refractivity contribution in [2.24, 2.45) is 0 Å². The summed E-state index contributed by atoms with van der Waals surface area (Å²) in [6.45, 7) is 2.39. The average molecular weight is 211 g/mol. The SMILES string of the molecule is CCOC(=O)C(=O)/C=C/N1CCCC1=O. The third-order valence-electron chi connectivity index (χ3n) is 1.99. The molecule has 0 atom stereocenters. The number of hydrogen-bond acceptors (Lipinski definition) is 4. The number of ketones is 1. The Balaban J connectivity index is 2.46. The quantitative estimate of drug-likeness (QED) is 0.380. The summed E-state index contributed by atoms with van der Waals surface area (Å²) >= 11 is 0. The van der Waals surface area contributed by atoms with E-state index in [0.29, 0.717) is 13.0 Å². The van der Waals surface area contributed by atoms with E-state index in [4.69, 9.17) is 0 Å². The van der Waals surface area contributed by atoms with Crippen LogP contribution >= 0.6 is 0 Å². The summed E-state index contributed by atoms with van der Waals surface area (Å²) in [6, 6.07) is 0. The monoisotopic (exact) mass is 211 g/mol. The van der Waals surface area contributed by atoms with Gasteiger partial charge in [-0.1, -0.05) is 0 Å². The molecule has 0 saturated carbocycles. The van der Waals surface area contributed by atoms with Crippen LogP contribution in [0.4, 0.5) is 0 Å². The Bertz CT molecular complexity index is 309. The first-order valence-corrected chi connectivity index (χ1v) is 4.84. The third kappa shape index (κ3) is 3.19. The van der Waals surface area contributed by atoms with Crippen LogP contribution in [-0.2, 0) is 19.1 Å². The van der Waals surface area contributed by atoms with Crippen molar-refractivity contribution in [2.75, 3.05) is 13.2 Å². The predicted molar refractivity (Wildman–Crippen MR) is 51.7 cm³/mol. The van der Waals surface area contributed by atoms with Crippen molar-refractivity contribution < 1.29 is 19.1 Å². The van der Waals surface area contributed by atoms with Crippen LogP contribution in [0.25, 0.3) is 0 Å². The van der Waals surface area contributed by atoms with E-state index >= 15 is 0 Å². The van der Waals surface area contributed by atoms with Gasteiger partial charge in [0.15, 0.2) is 0 Å². The van der Waals surface area contributed by atoms with E-state index in [1.54, 1.807) is 6.92 Å². The van der Waals surface area contributed by atoms with Gasteiger partial charge in [0, 0.05) is 25.2 Å². The van der Waals surface area contributed by atoms with Gasteiger partial charge in [-0.2, -0.15) is 0 Å². The van der Waals surface area contributed by atoms with E-state index in [9.17, 15) is 14.4 Å². The van der Waals surface area contributed by atoms with Crippen molar-refractivity contribution in [3.8, 4) is 0 Å². The Labute approximate surface area is 87.7 Å². The maximum atomic E-state index is 11.1. The smallest absolute Gasteiger partial charge is 0.379 e. The van der Waals surface area contributed by atoms with Gasteiger partial charge < -0.3 is 9.64 Å². The molecule has 82 valence electrons. The molecule has 0 N–H and O–H groups in total. The summed E-state index contributed by atoms with van der Waals surface area (Å²) in [6.07, 6.45) is 3.70. The first kappa shape index (κ1) is 11.4. The fourth-order valence-electron chi connectivity index (χ4n) is 1.25. The molecule has 0 aromatic heterocycles. The fraction of sp³-hybridized carbons (Fsp3) is 0.500. The molecule has 1 saturated heterocycles. The van der Waals surface area contributed by atoms with Crippen LogP contribution in [0.2, 0.25) is 0 Å². The molecule has 0 aromatic carbocycles. The standard InChI is InChI=1S/C10H13NO4/c1-2-15-10(14)8(12)5-7-11-6-3-4-9(11)13/h5,7H,2-4,6H2,1H3/b7-5+. The van der Waals surface area contributed by atoms with Crippen LogP contribution in [-0.4, -0.2) is 35.7 Å². The third-order valence-corrected chi connectivity index (χ3v) is 1.99. The minimum Gasteiger partial charge on any atom is -0.460 e. The number of amides is 1. The largest absolute Gasteiger partial charge is 0.460 e. The Morgan fingerprint density at radius 3 is 2.80 bits per heavy atom. The second kappa shape index (κ2) is 5.29. The summed E-state index contributed by atoms with van der Waals surface area (Å²) in [5.41, 5.74) is 0. The van der Waals surface area contributed by atoms with Crippen molar-refractivity contribution >= 4 is 17.7 Å². The Morgan fingerprint density at radius 2 is 2.27 bits per heavy atom. The normalized spacial score (nSPS) is 16.1. The molecule has 1 aliphatic rings. The zero-order valence-corrected chi connectivity index (χ0v) is 8.56. The molecule has 0 unspecified atom stereocenters. The first-order valence-electron chi connectivity index (χ1n) is 4.84. The van der Waals surface area contributed by atoms with Gasteiger partial charge in [0.2, 0.25) is 5.91 Å². The number of carbonyl (C=O) groups is 3. The summed E-state index contributed by atoms with van der Waals surface area (Å²) in [5.74, 6) is -1.65. The molecule has 1 heterocycles. The summed E-state index contributed by atoms with van der Waals surface area (Å²) in [4.78, 5) is 34.6. The lowest BCUT2D eigenvalue weighted by molar-refractivity contribution is -0.151. The lowest BCUT2D eigenvalue weighted by Crippen LogP contribution is -2.20. The summed E-state index contributed by atoms with van der Waals surface area (Å²) in [5, 5.41) is 0. The first-order chi connectivity index (χ1) is 7.15. The van der Waals surface area contributed by atoms with Crippen molar-refractivity contribution in [1.29, 1.82) is 0 Å². The van der Waals surface area contributed by atoms with Gasteiger partial charge in [0.05, 0.1) is 6.61 Å². The van der Waals surface area contributed by atoms with Gasteiger partial charge in [-0.25, -0.2) is 4.79 Å². The molecule has 0 radical (unpaired) electrons. The molecule has 1 fully saturated rings. The van der Waals surface area contributed by atoms with Crippen LogP contribution in [0.3, 0.4) is 0 Å². The highest BCUT2D eigenvalue weighted by atomic mass is 16.5. The molecule has 0 aliphatic carbocycles. The molecular weight excluding hydrogens is 198 g/mol. The van der Waals surface area contributed by atoms with Gasteiger partial charge in [-0.05, 0) is 13.3 Å². The van der Waals surface area contributed by atoms with Gasteiger partial charge in [-0.3, -0.25) is 9.59 Å². The van der Waals surface area contributed by atoms with Gasteiger partial charge in [0.1, 0.15) is 0 Å². The summed E-state index contributed by atoms with van der Waals surface area (Å²) in [7, 11) is 0. The Kier molecular flexibility index (Phi) is 4.03. The van der Waals surface area contributed by atoms with Crippen LogP contribution in [0.1, 0.15) is 19.8 Å². The van der Waals surface area contributed by atoms with Crippen LogP contribution < -0.4 is 0 Å². The number of hydrogen-bond donors (Lipinski definition) is 0. The van der Waals surface area contributed by atoms with Crippen LogP contribution in [0.15, 0.2) is 12.3 Å². The second-order valence-electron chi connectivity index (χ2n) is 3.09. The Hall–Kier alpha value is -1.65. The molecule has 0 aromatic rings. The lowest BCUT2D eigenvalue weighted by Gasteiger charge is -2.07. The molecule has 5 nitrogen and oxygen atoms in total. The van der Waals surface area contributed by atoms with E-state index in [2.05, 4.69) is 4.74 Å². The van der Waals surface area contributed by atoms with Crippen molar-refractivity contribution in [3.63, 3.8) is 0 Å². The van der Waals surface area contributed by atoms with Crippen LogP contribution in [0, 0.1) is 0 Å². The van der Waals surface area contributed by atoms with E-state index in [-0.39, 0.29) is 12.5 Å². The molecule has 1 aliphatic heterocycles. The number of nitrogens with zero attached hydrogens (tertiary/aromatic N) is 1. The van der Waals surface area contributed by atoms with Gasteiger partial charge >= 0.3 is 5.97 Å². The summed E-state index contributed by atoms with van der Waals surface area (Å²) < 4.78 is 4.50. The Morgan fingerprint density at radius 1 is 1.53 bits per heavy atom.